The lowest BCUT2D eigenvalue weighted by Gasteiger charge is -2.27. The fraction of sp³-hybridized carbons (Fsp3) is 0.375. The van der Waals surface area contributed by atoms with E-state index in [4.69, 9.17) is 5.73 Å². The summed E-state index contributed by atoms with van der Waals surface area (Å²) in [6.07, 6.45) is 6.63. The quantitative estimate of drug-likeness (QED) is 0.867. The number of aryl methyl sites for hydroxylation is 1. The summed E-state index contributed by atoms with van der Waals surface area (Å²) < 4.78 is 1.45. The molecule has 2 aromatic heterocycles. The molecule has 1 saturated heterocycles. The van der Waals surface area contributed by atoms with E-state index in [1.165, 1.54) is 17.1 Å². The summed E-state index contributed by atoms with van der Waals surface area (Å²) in [6.45, 7) is 1.83. The van der Waals surface area contributed by atoms with Crippen LogP contribution in [-0.2, 0) is 7.05 Å². The normalized spacial score (nSPS) is 14.5. The van der Waals surface area contributed by atoms with Gasteiger partial charge in [0.05, 0.1) is 6.20 Å². The lowest BCUT2D eigenvalue weighted by atomic mass is 10.1. The summed E-state index contributed by atoms with van der Waals surface area (Å²) in [5.74, 6) is 0.295. The van der Waals surface area contributed by atoms with Crippen molar-refractivity contribution in [2.45, 2.75) is 19.3 Å². The second kappa shape index (κ2) is 6.69. The van der Waals surface area contributed by atoms with Crippen molar-refractivity contribution < 1.29 is 4.79 Å². The highest BCUT2D eigenvalue weighted by Crippen LogP contribution is 2.22. The molecule has 3 N–H and O–H groups in total. The van der Waals surface area contributed by atoms with Gasteiger partial charge in [0.1, 0.15) is 5.82 Å². The van der Waals surface area contributed by atoms with Crippen molar-refractivity contribution in [1.29, 1.82) is 0 Å². The van der Waals surface area contributed by atoms with Crippen LogP contribution in [0.15, 0.2) is 29.3 Å². The third kappa shape index (κ3) is 3.37. The molecule has 1 aliphatic rings. The van der Waals surface area contributed by atoms with Crippen LogP contribution in [0.4, 0.5) is 17.3 Å². The predicted molar refractivity (Wildman–Crippen MR) is 91.6 cm³/mol. The average molecular weight is 328 g/mol. The van der Waals surface area contributed by atoms with Crippen LogP contribution < -0.4 is 21.5 Å². The van der Waals surface area contributed by atoms with Gasteiger partial charge in [-0.05, 0) is 25.3 Å². The monoisotopic (exact) mass is 328 g/mol. The first-order valence-electron chi connectivity index (χ1n) is 7.90. The van der Waals surface area contributed by atoms with E-state index in [1.54, 1.807) is 25.5 Å². The molecule has 0 aliphatic carbocycles. The maximum Gasteiger partial charge on any atom is 0.271 e. The van der Waals surface area contributed by atoms with E-state index >= 15 is 0 Å². The second-order valence-electron chi connectivity index (χ2n) is 5.83. The Morgan fingerprint density at radius 2 is 2.04 bits per heavy atom. The van der Waals surface area contributed by atoms with Gasteiger partial charge in [0.15, 0.2) is 11.5 Å². The number of anilines is 3. The number of nitrogens with two attached hydrogens (primary N) is 1. The summed E-state index contributed by atoms with van der Waals surface area (Å²) in [7, 11) is 1.66. The molecule has 8 heteroatoms. The fourth-order valence-corrected chi connectivity index (χ4v) is 2.69. The molecule has 1 aliphatic heterocycles. The van der Waals surface area contributed by atoms with Crippen LogP contribution in [0.2, 0.25) is 0 Å². The molecule has 0 atom stereocenters. The van der Waals surface area contributed by atoms with Crippen LogP contribution in [0.25, 0.3) is 0 Å². The molecule has 0 saturated carbocycles. The van der Waals surface area contributed by atoms with Gasteiger partial charge in [-0.25, -0.2) is 9.97 Å². The molecule has 3 heterocycles. The van der Waals surface area contributed by atoms with Gasteiger partial charge in [-0.3, -0.25) is 9.59 Å². The number of hydrogen-bond acceptors (Lipinski definition) is 6. The van der Waals surface area contributed by atoms with Gasteiger partial charge in [-0.15, -0.1) is 0 Å². The van der Waals surface area contributed by atoms with Crippen LogP contribution in [0.3, 0.4) is 0 Å². The Labute approximate surface area is 139 Å². The summed E-state index contributed by atoms with van der Waals surface area (Å²) >= 11 is 0. The first-order chi connectivity index (χ1) is 11.5. The predicted octanol–water partition coefficient (Wildman–Crippen LogP) is 1.01. The molecule has 0 bridgehead atoms. The third-order valence-corrected chi connectivity index (χ3v) is 4.04. The number of piperidine rings is 1. The number of amides is 1. The largest absolute Gasteiger partial charge is 0.364 e. The van der Waals surface area contributed by atoms with E-state index in [2.05, 4.69) is 20.2 Å². The highest BCUT2D eigenvalue weighted by Gasteiger charge is 2.18. The SMILES string of the molecule is Cn1ccc(Nc2nc(N3CCCCC3)cnc2C(N)=O)cc1=O. The maximum atomic E-state index is 11.8. The number of nitrogens with one attached hydrogen (secondary N) is 1. The van der Waals surface area contributed by atoms with Crippen molar-refractivity contribution >= 4 is 23.2 Å². The molecule has 1 fully saturated rings. The van der Waals surface area contributed by atoms with E-state index in [0.29, 0.717) is 11.5 Å². The standard InChI is InChI=1S/C16H20N6O2/c1-21-8-5-11(9-13(21)23)19-16-14(15(17)24)18-10-12(20-16)22-6-3-2-4-7-22/h5,8-10H,2-4,6-7H2,1H3,(H2,17,24)(H,19,20). The second-order valence-corrected chi connectivity index (χ2v) is 5.83. The van der Waals surface area contributed by atoms with Crippen LogP contribution in [0, 0.1) is 0 Å². The Kier molecular flexibility index (Phi) is 4.45. The van der Waals surface area contributed by atoms with E-state index in [-0.39, 0.29) is 17.1 Å². The molecule has 0 radical (unpaired) electrons. The van der Waals surface area contributed by atoms with Crippen LogP contribution in [0.1, 0.15) is 29.8 Å². The van der Waals surface area contributed by atoms with Crippen molar-refractivity contribution in [3.05, 3.63) is 40.6 Å². The number of hydrogen-bond donors (Lipinski definition) is 2. The minimum Gasteiger partial charge on any atom is -0.364 e. The summed E-state index contributed by atoms with van der Waals surface area (Å²) in [5.41, 5.74) is 5.81. The van der Waals surface area contributed by atoms with Crippen molar-refractivity contribution in [2.24, 2.45) is 12.8 Å². The average Bonchev–Trinajstić information content (AvgIpc) is 2.59. The molecule has 0 aromatic carbocycles. The van der Waals surface area contributed by atoms with E-state index < -0.39 is 5.91 Å². The lowest BCUT2D eigenvalue weighted by Crippen LogP contribution is -2.31. The van der Waals surface area contributed by atoms with Gasteiger partial charge in [-0.1, -0.05) is 0 Å². The van der Waals surface area contributed by atoms with E-state index in [9.17, 15) is 9.59 Å². The molecular formula is C16H20N6O2. The van der Waals surface area contributed by atoms with Crippen molar-refractivity contribution in [2.75, 3.05) is 23.3 Å². The Morgan fingerprint density at radius 1 is 1.29 bits per heavy atom. The number of pyridine rings is 1. The molecule has 8 nitrogen and oxygen atoms in total. The molecular weight excluding hydrogens is 308 g/mol. The van der Waals surface area contributed by atoms with Crippen LogP contribution in [0.5, 0.6) is 0 Å². The van der Waals surface area contributed by atoms with Crippen LogP contribution in [-0.4, -0.2) is 33.5 Å². The van der Waals surface area contributed by atoms with Crippen molar-refractivity contribution in [1.82, 2.24) is 14.5 Å². The first kappa shape index (κ1) is 16.0. The topological polar surface area (TPSA) is 106 Å². The Morgan fingerprint density at radius 3 is 2.71 bits per heavy atom. The molecule has 24 heavy (non-hydrogen) atoms. The van der Waals surface area contributed by atoms with Gasteiger partial charge in [0.25, 0.3) is 11.5 Å². The van der Waals surface area contributed by atoms with Crippen molar-refractivity contribution in [3.63, 3.8) is 0 Å². The van der Waals surface area contributed by atoms with Gasteiger partial charge in [0, 0.05) is 38.1 Å². The molecule has 0 unspecified atom stereocenters. The third-order valence-electron chi connectivity index (χ3n) is 4.04. The highest BCUT2D eigenvalue weighted by atomic mass is 16.1. The maximum absolute atomic E-state index is 11.8. The van der Waals surface area contributed by atoms with Gasteiger partial charge >= 0.3 is 0 Å². The zero-order valence-corrected chi connectivity index (χ0v) is 13.5. The Hall–Kier alpha value is -2.90. The fourth-order valence-electron chi connectivity index (χ4n) is 2.69. The zero-order chi connectivity index (χ0) is 17.1. The molecule has 126 valence electrons. The molecule has 1 amide bonds. The summed E-state index contributed by atoms with van der Waals surface area (Å²) in [4.78, 5) is 34.2. The summed E-state index contributed by atoms with van der Waals surface area (Å²) in [5, 5.41) is 2.99. The number of primary amides is 1. The smallest absolute Gasteiger partial charge is 0.271 e. The number of carbonyl (C=O) groups is 1. The molecule has 3 rings (SSSR count). The number of carbonyl (C=O) groups excluding carboxylic acids is 1. The number of nitrogens with zero attached hydrogens (tertiary/aromatic N) is 4. The lowest BCUT2D eigenvalue weighted by molar-refractivity contribution is 0.0996. The van der Waals surface area contributed by atoms with Crippen LogP contribution >= 0.6 is 0 Å². The number of aromatic nitrogens is 3. The van der Waals surface area contributed by atoms with E-state index in [0.717, 1.165) is 25.9 Å². The van der Waals surface area contributed by atoms with Crippen molar-refractivity contribution in [3.8, 4) is 0 Å². The minimum absolute atomic E-state index is 0.0523. The molecule has 0 spiro atoms. The summed E-state index contributed by atoms with van der Waals surface area (Å²) in [6, 6.07) is 3.15. The van der Waals surface area contributed by atoms with Gasteiger partial charge in [0.2, 0.25) is 0 Å². The highest BCUT2D eigenvalue weighted by molar-refractivity contribution is 5.96. The van der Waals surface area contributed by atoms with Gasteiger partial charge < -0.3 is 20.5 Å². The first-order valence-corrected chi connectivity index (χ1v) is 7.90. The van der Waals surface area contributed by atoms with Gasteiger partial charge in [-0.2, -0.15) is 0 Å². The Bertz CT molecular complexity index is 810. The minimum atomic E-state index is -0.668. The number of rotatable bonds is 4. The van der Waals surface area contributed by atoms with E-state index in [1.807, 2.05) is 0 Å². The molecule has 2 aromatic rings. The Balaban J connectivity index is 1.94. The zero-order valence-electron chi connectivity index (χ0n) is 13.5.